The smallest absolute Gasteiger partial charge is 0.231 e. The van der Waals surface area contributed by atoms with Crippen LogP contribution in [0.15, 0.2) is 4.52 Å². The molecule has 1 saturated heterocycles. The molecule has 2 heterocycles. The number of hydrogen-bond donors (Lipinski definition) is 1. The van der Waals surface area contributed by atoms with E-state index in [1.807, 2.05) is 11.8 Å². The lowest BCUT2D eigenvalue weighted by Crippen LogP contribution is -2.21. The zero-order valence-corrected chi connectivity index (χ0v) is 11.7. The molecule has 4 nitrogen and oxygen atoms in total. The van der Waals surface area contributed by atoms with E-state index in [1.165, 1.54) is 25.7 Å². The Balaban J connectivity index is 1.55. The van der Waals surface area contributed by atoms with Crippen molar-refractivity contribution in [3.8, 4) is 0 Å². The van der Waals surface area contributed by atoms with Crippen molar-refractivity contribution in [1.82, 2.24) is 15.5 Å². The summed E-state index contributed by atoms with van der Waals surface area (Å²) in [4.78, 5) is 4.57. The predicted octanol–water partition coefficient (Wildman–Crippen LogP) is 2.71. The van der Waals surface area contributed by atoms with Crippen molar-refractivity contribution in [2.75, 3.05) is 6.54 Å². The molecule has 2 atom stereocenters. The molecular weight excluding hydrogens is 246 g/mol. The van der Waals surface area contributed by atoms with Crippen molar-refractivity contribution < 1.29 is 4.52 Å². The number of nitrogens with one attached hydrogen (secondary N) is 1. The van der Waals surface area contributed by atoms with Crippen LogP contribution in [0.2, 0.25) is 0 Å². The summed E-state index contributed by atoms with van der Waals surface area (Å²) in [6.45, 7) is 3.25. The second-order valence-electron chi connectivity index (χ2n) is 5.40. The van der Waals surface area contributed by atoms with E-state index in [0.29, 0.717) is 12.0 Å². The van der Waals surface area contributed by atoms with Crippen LogP contribution < -0.4 is 5.32 Å². The Bertz CT molecular complexity index is 389. The molecule has 0 spiro atoms. The number of rotatable bonds is 4. The molecule has 0 amide bonds. The minimum atomic E-state index is 0.405. The van der Waals surface area contributed by atoms with Gasteiger partial charge in [0.15, 0.2) is 5.82 Å². The van der Waals surface area contributed by atoms with Gasteiger partial charge in [-0.25, -0.2) is 0 Å². The van der Waals surface area contributed by atoms with E-state index in [1.54, 1.807) is 0 Å². The van der Waals surface area contributed by atoms with Crippen molar-refractivity contribution in [2.24, 2.45) is 0 Å². The van der Waals surface area contributed by atoms with Crippen LogP contribution in [0.4, 0.5) is 0 Å². The normalized spacial score (nSPS) is 29.2. The zero-order chi connectivity index (χ0) is 12.4. The van der Waals surface area contributed by atoms with Crippen LogP contribution in [0.3, 0.4) is 0 Å². The second kappa shape index (κ2) is 5.61. The van der Waals surface area contributed by atoms with E-state index in [0.717, 1.165) is 35.7 Å². The zero-order valence-electron chi connectivity index (χ0n) is 10.9. The molecule has 2 fully saturated rings. The summed E-state index contributed by atoms with van der Waals surface area (Å²) in [5.74, 6) is 3.01. The molecule has 3 rings (SSSR count). The van der Waals surface area contributed by atoms with Crippen LogP contribution in [-0.2, 0) is 5.75 Å². The molecule has 1 saturated carbocycles. The Hall–Kier alpha value is -0.550. The fourth-order valence-corrected chi connectivity index (χ4v) is 4.09. The number of nitrogens with zero attached hydrogens (tertiary/aromatic N) is 2. The maximum Gasteiger partial charge on any atom is 0.231 e. The summed E-state index contributed by atoms with van der Waals surface area (Å²) >= 11 is 1.99. The first-order valence-corrected chi connectivity index (χ1v) is 8.05. The van der Waals surface area contributed by atoms with Crippen LogP contribution in [0.5, 0.6) is 0 Å². The summed E-state index contributed by atoms with van der Waals surface area (Å²) in [6, 6.07) is 0.459. The molecule has 1 aromatic heterocycles. The summed E-state index contributed by atoms with van der Waals surface area (Å²) in [5, 5.41) is 8.36. The van der Waals surface area contributed by atoms with E-state index >= 15 is 0 Å². The van der Waals surface area contributed by atoms with Gasteiger partial charge < -0.3 is 9.84 Å². The van der Waals surface area contributed by atoms with Gasteiger partial charge in [0, 0.05) is 11.3 Å². The van der Waals surface area contributed by atoms with Gasteiger partial charge in [-0.15, -0.1) is 0 Å². The van der Waals surface area contributed by atoms with E-state index in [4.69, 9.17) is 4.52 Å². The third kappa shape index (κ3) is 2.72. The van der Waals surface area contributed by atoms with Gasteiger partial charge >= 0.3 is 0 Å². The standard InChI is InChI=1S/C13H21N3OS/c1-9-11(6-7-14-9)13-15-12(16-17-13)8-18-10-4-2-3-5-10/h9-11,14H,2-8H2,1H3. The van der Waals surface area contributed by atoms with Crippen LogP contribution >= 0.6 is 11.8 Å². The van der Waals surface area contributed by atoms with Crippen molar-refractivity contribution in [2.45, 2.75) is 62.0 Å². The van der Waals surface area contributed by atoms with Gasteiger partial charge in [-0.05, 0) is 32.7 Å². The van der Waals surface area contributed by atoms with Crippen LogP contribution in [-0.4, -0.2) is 28.0 Å². The van der Waals surface area contributed by atoms with E-state index in [2.05, 4.69) is 22.4 Å². The molecule has 1 aromatic rings. The first-order valence-electron chi connectivity index (χ1n) is 7.00. The maximum absolute atomic E-state index is 5.42. The number of aromatic nitrogens is 2. The highest BCUT2D eigenvalue weighted by Crippen LogP contribution is 2.32. The molecule has 1 N–H and O–H groups in total. The molecule has 2 unspecified atom stereocenters. The van der Waals surface area contributed by atoms with E-state index in [9.17, 15) is 0 Å². The number of thioether (sulfide) groups is 1. The summed E-state index contributed by atoms with van der Waals surface area (Å²) in [6.07, 6.45) is 6.61. The minimum absolute atomic E-state index is 0.405. The van der Waals surface area contributed by atoms with Gasteiger partial charge in [0.1, 0.15) is 0 Å². The molecule has 1 aliphatic heterocycles. The van der Waals surface area contributed by atoms with Crippen LogP contribution in [0, 0.1) is 0 Å². The minimum Gasteiger partial charge on any atom is -0.339 e. The molecule has 0 bridgehead atoms. The number of hydrogen-bond acceptors (Lipinski definition) is 5. The Morgan fingerprint density at radius 1 is 1.33 bits per heavy atom. The molecule has 0 aromatic carbocycles. The maximum atomic E-state index is 5.42. The highest BCUT2D eigenvalue weighted by atomic mass is 32.2. The fourth-order valence-electron chi connectivity index (χ4n) is 2.92. The lowest BCUT2D eigenvalue weighted by atomic mass is 10.0. The Labute approximate surface area is 112 Å². The Kier molecular flexibility index (Phi) is 3.89. The summed E-state index contributed by atoms with van der Waals surface area (Å²) in [7, 11) is 0. The lowest BCUT2D eigenvalue weighted by Gasteiger charge is -2.08. The van der Waals surface area contributed by atoms with E-state index < -0.39 is 0 Å². The van der Waals surface area contributed by atoms with Crippen molar-refractivity contribution in [3.05, 3.63) is 11.7 Å². The molecule has 2 aliphatic rings. The molecular formula is C13H21N3OS. The van der Waals surface area contributed by atoms with Gasteiger partial charge in [-0.2, -0.15) is 16.7 Å². The van der Waals surface area contributed by atoms with Crippen LogP contribution in [0.1, 0.15) is 56.7 Å². The molecule has 5 heteroatoms. The van der Waals surface area contributed by atoms with Gasteiger partial charge in [0.25, 0.3) is 0 Å². The first-order chi connectivity index (χ1) is 8.83. The largest absolute Gasteiger partial charge is 0.339 e. The highest BCUT2D eigenvalue weighted by Gasteiger charge is 2.29. The van der Waals surface area contributed by atoms with Gasteiger partial charge in [-0.1, -0.05) is 18.0 Å². The fraction of sp³-hybridized carbons (Fsp3) is 0.846. The van der Waals surface area contributed by atoms with Crippen LogP contribution in [0.25, 0.3) is 0 Å². The third-order valence-corrected chi connectivity index (χ3v) is 5.44. The van der Waals surface area contributed by atoms with Gasteiger partial charge in [0.2, 0.25) is 5.89 Å². The predicted molar refractivity (Wildman–Crippen MR) is 72.7 cm³/mol. The van der Waals surface area contributed by atoms with Crippen molar-refractivity contribution in [1.29, 1.82) is 0 Å². The van der Waals surface area contributed by atoms with Gasteiger partial charge in [-0.3, -0.25) is 0 Å². The second-order valence-corrected chi connectivity index (χ2v) is 6.69. The van der Waals surface area contributed by atoms with E-state index in [-0.39, 0.29) is 0 Å². The highest BCUT2D eigenvalue weighted by molar-refractivity contribution is 7.99. The third-order valence-electron chi connectivity index (χ3n) is 4.08. The topological polar surface area (TPSA) is 51.0 Å². The quantitative estimate of drug-likeness (QED) is 0.909. The summed E-state index contributed by atoms with van der Waals surface area (Å²) in [5.41, 5.74) is 0. The van der Waals surface area contributed by atoms with Gasteiger partial charge in [0.05, 0.1) is 11.7 Å². The monoisotopic (exact) mass is 267 g/mol. The Morgan fingerprint density at radius 2 is 2.17 bits per heavy atom. The molecule has 0 radical (unpaired) electrons. The molecule has 100 valence electrons. The first kappa shape index (κ1) is 12.5. The lowest BCUT2D eigenvalue weighted by molar-refractivity contribution is 0.342. The van der Waals surface area contributed by atoms with Crippen molar-refractivity contribution in [3.63, 3.8) is 0 Å². The SMILES string of the molecule is CC1NCCC1c1nc(CSC2CCCC2)no1. The summed E-state index contributed by atoms with van der Waals surface area (Å²) < 4.78 is 5.42. The Morgan fingerprint density at radius 3 is 2.89 bits per heavy atom. The average molecular weight is 267 g/mol. The molecule has 18 heavy (non-hydrogen) atoms. The average Bonchev–Trinajstić information content (AvgIpc) is 3.07. The van der Waals surface area contributed by atoms with Crippen molar-refractivity contribution >= 4 is 11.8 Å². The molecule has 1 aliphatic carbocycles.